The number of hydrogen-bond acceptors (Lipinski definition) is 5. The Bertz CT molecular complexity index is 646. The molecule has 0 atom stereocenters. The molecule has 0 spiro atoms. The van der Waals surface area contributed by atoms with Gasteiger partial charge in [0.05, 0.1) is 16.1 Å². The van der Waals surface area contributed by atoms with Gasteiger partial charge in [-0.25, -0.2) is 13.4 Å². The second kappa shape index (κ2) is 5.71. The van der Waals surface area contributed by atoms with Gasteiger partial charge in [0.15, 0.2) is 9.84 Å². The molecule has 4 nitrogen and oxygen atoms in total. The zero-order chi connectivity index (χ0) is 13.9. The van der Waals surface area contributed by atoms with Crippen LogP contribution in [-0.2, 0) is 16.3 Å². The quantitative estimate of drug-likeness (QED) is 0.921. The fourth-order valence-electron chi connectivity index (χ4n) is 1.71. The van der Waals surface area contributed by atoms with Gasteiger partial charge in [0, 0.05) is 29.8 Å². The molecule has 1 aromatic heterocycles. The van der Waals surface area contributed by atoms with Gasteiger partial charge < -0.3 is 5.32 Å². The van der Waals surface area contributed by atoms with Crippen LogP contribution in [0.15, 0.2) is 34.7 Å². The summed E-state index contributed by atoms with van der Waals surface area (Å²) in [4.78, 5) is 5.83. The second-order valence-corrected chi connectivity index (χ2v) is 7.29. The van der Waals surface area contributed by atoms with Crippen molar-refractivity contribution in [2.45, 2.75) is 18.2 Å². The molecule has 1 aromatic carbocycles. The van der Waals surface area contributed by atoms with Gasteiger partial charge in [0.1, 0.15) is 0 Å². The molecule has 0 amide bonds. The number of rotatable bonds is 5. The van der Waals surface area contributed by atoms with Gasteiger partial charge in [-0.2, -0.15) is 0 Å². The Kier molecular flexibility index (Phi) is 4.21. The van der Waals surface area contributed by atoms with E-state index >= 15 is 0 Å². The molecule has 0 fully saturated rings. The molecule has 0 bridgehead atoms. The maximum Gasteiger partial charge on any atom is 0.175 e. The van der Waals surface area contributed by atoms with Crippen LogP contribution >= 0.6 is 11.3 Å². The van der Waals surface area contributed by atoms with Crippen molar-refractivity contribution in [3.05, 3.63) is 40.3 Å². The number of aromatic nitrogens is 1. The molecule has 0 aliphatic carbocycles. The smallest absolute Gasteiger partial charge is 0.175 e. The van der Waals surface area contributed by atoms with Crippen molar-refractivity contribution in [1.29, 1.82) is 0 Å². The molecule has 0 saturated carbocycles. The summed E-state index contributed by atoms with van der Waals surface area (Å²) in [6.07, 6.45) is 2.13. The number of aryl methyl sites for hydroxylation is 1. The molecule has 0 aliphatic rings. The number of hydrogen-bond donors (Lipinski definition) is 1. The highest BCUT2D eigenvalue weighted by atomic mass is 32.2. The fraction of sp³-hybridized carbons (Fsp3) is 0.308. The van der Waals surface area contributed by atoms with Gasteiger partial charge in [-0.05, 0) is 31.2 Å². The molecular weight excluding hydrogens is 280 g/mol. The summed E-state index contributed by atoms with van der Waals surface area (Å²) in [5.41, 5.74) is 3.86. The van der Waals surface area contributed by atoms with Crippen molar-refractivity contribution in [2.24, 2.45) is 0 Å². The van der Waals surface area contributed by atoms with Crippen molar-refractivity contribution in [3.8, 4) is 0 Å². The number of thiazole rings is 1. The maximum absolute atomic E-state index is 11.3. The summed E-state index contributed by atoms with van der Waals surface area (Å²) in [6, 6.07) is 6.82. The highest BCUT2D eigenvalue weighted by molar-refractivity contribution is 7.90. The largest absolute Gasteiger partial charge is 0.385 e. The molecule has 102 valence electrons. The van der Waals surface area contributed by atoms with Crippen molar-refractivity contribution < 1.29 is 8.42 Å². The lowest BCUT2D eigenvalue weighted by molar-refractivity contribution is 0.602. The Morgan fingerprint density at radius 2 is 1.95 bits per heavy atom. The topological polar surface area (TPSA) is 59.1 Å². The average Bonchev–Trinajstić information content (AvgIpc) is 2.75. The van der Waals surface area contributed by atoms with Gasteiger partial charge >= 0.3 is 0 Å². The van der Waals surface area contributed by atoms with Crippen LogP contribution in [-0.4, -0.2) is 26.2 Å². The molecule has 2 rings (SSSR count). The zero-order valence-electron chi connectivity index (χ0n) is 10.9. The van der Waals surface area contributed by atoms with Crippen LogP contribution in [0.3, 0.4) is 0 Å². The van der Waals surface area contributed by atoms with Crippen LogP contribution < -0.4 is 5.32 Å². The lowest BCUT2D eigenvalue weighted by Crippen LogP contribution is -2.05. The highest BCUT2D eigenvalue weighted by Crippen LogP contribution is 2.15. The third kappa shape index (κ3) is 3.78. The van der Waals surface area contributed by atoms with E-state index in [1.165, 1.54) is 11.1 Å². The van der Waals surface area contributed by atoms with Gasteiger partial charge in [-0.3, -0.25) is 0 Å². The van der Waals surface area contributed by atoms with Crippen LogP contribution in [0.25, 0.3) is 0 Å². The van der Waals surface area contributed by atoms with E-state index in [0.717, 1.165) is 24.3 Å². The summed E-state index contributed by atoms with van der Waals surface area (Å²) in [5.74, 6) is 0. The molecule has 2 aromatic rings. The van der Waals surface area contributed by atoms with Crippen LogP contribution in [0.2, 0.25) is 0 Å². The molecule has 19 heavy (non-hydrogen) atoms. The van der Waals surface area contributed by atoms with Crippen molar-refractivity contribution in [1.82, 2.24) is 4.98 Å². The normalized spacial score (nSPS) is 11.5. The standard InChI is InChI=1S/C13H16N2O2S2/c1-10-13(18-9-15-10)7-8-14-11-3-5-12(6-4-11)19(2,16)17/h3-6,9,14H,7-8H2,1-2H3. The van der Waals surface area contributed by atoms with Crippen LogP contribution in [0.1, 0.15) is 10.6 Å². The van der Waals surface area contributed by atoms with Gasteiger partial charge in [0.25, 0.3) is 0 Å². The van der Waals surface area contributed by atoms with E-state index in [1.54, 1.807) is 35.6 Å². The number of anilines is 1. The minimum atomic E-state index is -3.12. The van der Waals surface area contributed by atoms with E-state index in [-0.39, 0.29) is 0 Å². The molecule has 0 aliphatic heterocycles. The van der Waals surface area contributed by atoms with Crippen LogP contribution in [0, 0.1) is 6.92 Å². The third-order valence-corrected chi connectivity index (χ3v) is 4.93. The summed E-state index contributed by atoms with van der Waals surface area (Å²) in [5, 5.41) is 3.27. The van der Waals surface area contributed by atoms with E-state index < -0.39 is 9.84 Å². The number of benzene rings is 1. The molecule has 0 saturated heterocycles. The SMILES string of the molecule is Cc1ncsc1CCNc1ccc(S(C)(=O)=O)cc1. The first kappa shape index (κ1) is 14.0. The van der Waals surface area contributed by atoms with E-state index in [1.807, 2.05) is 12.4 Å². The minimum absolute atomic E-state index is 0.344. The molecule has 0 radical (unpaired) electrons. The predicted octanol–water partition coefficient (Wildman–Crippen LogP) is 2.51. The van der Waals surface area contributed by atoms with E-state index in [9.17, 15) is 8.42 Å². The Balaban J connectivity index is 1.92. The van der Waals surface area contributed by atoms with Crippen LogP contribution in [0.5, 0.6) is 0 Å². The first-order valence-electron chi connectivity index (χ1n) is 5.90. The zero-order valence-corrected chi connectivity index (χ0v) is 12.5. The van der Waals surface area contributed by atoms with Gasteiger partial charge in [-0.15, -0.1) is 11.3 Å². The average molecular weight is 296 g/mol. The van der Waals surface area contributed by atoms with Gasteiger partial charge in [-0.1, -0.05) is 0 Å². The Morgan fingerprint density at radius 1 is 1.26 bits per heavy atom. The monoisotopic (exact) mass is 296 g/mol. The molecule has 6 heteroatoms. The van der Waals surface area contributed by atoms with Crippen molar-refractivity contribution in [3.63, 3.8) is 0 Å². The first-order valence-corrected chi connectivity index (χ1v) is 8.67. The van der Waals surface area contributed by atoms with E-state index in [0.29, 0.717) is 4.90 Å². The Hall–Kier alpha value is -1.40. The number of sulfone groups is 1. The minimum Gasteiger partial charge on any atom is -0.385 e. The summed E-state index contributed by atoms with van der Waals surface area (Å²) in [6.45, 7) is 2.81. The van der Waals surface area contributed by atoms with Crippen molar-refractivity contribution in [2.75, 3.05) is 18.1 Å². The van der Waals surface area contributed by atoms with E-state index in [2.05, 4.69) is 10.3 Å². The summed E-state index contributed by atoms with van der Waals surface area (Å²) in [7, 11) is -3.12. The van der Waals surface area contributed by atoms with E-state index in [4.69, 9.17) is 0 Å². The van der Waals surface area contributed by atoms with Gasteiger partial charge in [0.2, 0.25) is 0 Å². The fourth-order valence-corrected chi connectivity index (χ4v) is 3.12. The molecule has 1 N–H and O–H groups in total. The second-order valence-electron chi connectivity index (χ2n) is 4.33. The predicted molar refractivity (Wildman–Crippen MR) is 78.6 cm³/mol. The Labute approximate surface area is 117 Å². The number of nitrogens with one attached hydrogen (secondary N) is 1. The number of nitrogens with zero attached hydrogens (tertiary/aromatic N) is 1. The first-order chi connectivity index (χ1) is 8.97. The van der Waals surface area contributed by atoms with Crippen LogP contribution in [0.4, 0.5) is 5.69 Å². The molecular formula is C13H16N2O2S2. The summed E-state index contributed by atoms with van der Waals surface area (Å²) >= 11 is 1.66. The summed E-state index contributed by atoms with van der Waals surface area (Å²) < 4.78 is 22.7. The lowest BCUT2D eigenvalue weighted by atomic mass is 10.3. The molecule has 0 unspecified atom stereocenters. The maximum atomic E-state index is 11.3. The molecule has 1 heterocycles. The Morgan fingerprint density at radius 3 is 2.47 bits per heavy atom. The van der Waals surface area contributed by atoms with Crippen molar-refractivity contribution >= 4 is 26.9 Å². The third-order valence-electron chi connectivity index (χ3n) is 2.81. The lowest BCUT2D eigenvalue weighted by Gasteiger charge is -2.06. The highest BCUT2D eigenvalue weighted by Gasteiger charge is 2.06.